The number of aryl methyl sites for hydroxylation is 1. The van der Waals surface area contributed by atoms with Gasteiger partial charge in [0, 0.05) is 21.8 Å². The topological polar surface area (TPSA) is 87.3 Å². The average molecular weight is 572 g/mol. The second kappa shape index (κ2) is 13.5. The molecule has 0 spiro atoms. The van der Waals surface area contributed by atoms with E-state index in [1.807, 2.05) is 91.9 Å². The molecule has 0 atom stereocenters. The molecular formula is C35H29N3O3S. The van der Waals surface area contributed by atoms with Crippen molar-refractivity contribution in [2.75, 3.05) is 16.4 Å². The van der Waals surface area contributed by atoms with Gasteiger partial charge in [0.25, 0.3) is 11.8 Å². The van der Waals surface area contributed by atoms with Crippen molar-refractivity contribution in [1.82, 2.24) is 5.32 Å². The predicted molar refractivity (Wildman–Crippen MR) is 171 cm³/mol. The Balaban J connectivity index is 1.20. The van der Waals surface area contributed by atoms with E-state index in [1.165, 1.54) is 11.8 Å². The quantitative estimate of drug-likeness (QED) is 0.128. The number of fused-ring (bicyclic) bond motifs is 1. The van der Waals surface area contributed by atoms with Crippen LogP contribution in [0.25, 0.3) is 16.8 Å². The highest BCUT2D eigenvalue weighted by molar-refractivity contribution is 8.00. The molecule has 5 aromatic rings. The molecular weight excluding hydrogens is 542 g/mol. The van der Waals surface area contributed by atoms with Gasteiger partial charge in [-0.1, -0.05) is 78.4 Å². The van der Waals surface area contributed by atoms with Gasteiger partial charge in [0.1, 0.15) is 5.70 Å². The lowest BCUT2D eigenvalue weighted by molar-refractivity contribution is -0.114. The molecule has 0 unspecified atom stereocenters. The van der Waals surface area contributed by atoms with Crippen LogP contribution < -0.4 is 16.0 Å². The maximum Gasteiger partial charge on any atom is 0.272 e. The van der Waals surface area contributed by atoms with Gasteiger partial charge >= 0.3 is 0 Å². The van der Waals surface area contributed by atoms with Crippen LogP contribution in [-0.4, -0.2) is 23.5 Å². The molecule has 208 valence electrons. The normalized spacial score (nSPS) is 11.1. The lowest BCUT2D eigenvalue weighted by Gasteiger charge is -2.12. The average Bonchev–Trinajstić information content (AvgIpc) is 3.01. The molecule has 0 fully saturated rings. The van der Waals surface area contributed by atoms with Crippen molar-refractivity contribution in [2.45, 2.75) is 11.8 Å². The summed E-state index contributed by atoms with van der Waals surface area (Å²) < 4.78 is 0. The molecule has 0 aromatic heterocycles. The van der Waals surface area contributed by atoms with Gasteiger partial charge in [-0.05, 0) is 77.9 Å². The monoisotopic (exact) mass is 571 g/mol. The molecule has 42 heavy (non-hydrogen) atoms. The Labute approximate surface area is 248 Å². The summed E-state index contributed by atoms with van der Waals surface area (Å²) in [6.07, 6.45) is 1.65. The van der Waals surface area contributed by atoms with Gasteiger partial charge in [0.15, 0.2) is 0 Å². The third kappa shape index (κ3) is 7.74. The lowest BCUT2D eigenvalue weighted by atomic mass is 10.1. The molecule has 3 amide bonds. The number of hydrogen-bond acceptors (Lipinski definition) is 4. The van der Waals surface area contributed by atoms with Gasteiger partial charge < -0.3 is 16.0 Å². The van der Waals surface area contributed by atoms with E-state index in [2.05, 4.69) is 16.0 Å². The molecule has 0 aliphatic heterocycles. The molecule has 5 rings (SSSR count). The van der Waals surface area contributed by atoms with Gasteiger partial charge in [-0.2, -0.15) is 0 Å². The number of rotatable bonds is 9. The minimum atomic E-state index is -0.449. The third-order valence-electron chi connectivity index (χ3n) is 6.43. The predicted octanol–water partition coefficient (Wildman–Crippen LogP) is 7.29. The highest BCUT2D eigenvalue weighted by Crippen LogP contribution is 2.23. The van der Waals surface area contributed by atoms with Crippen LogP contribution in [0.15, 0.2) is 132 Å². The molecule has 0 aliphatic rings. The fourth-order valence-electron chi connectivity index (χ4n) is 4.22. The van der Waals surface area contributed by atoms with Crippen molar-refractivity contribution in [3.63, 3.8) is 0 Å². The van der Waals surface area contributed by atoms with E-state index in [-0.39, 0.29) is 23.3 Å². The fraction of sp³-hybridized carbons (Fsp3) is 0.0571. The Kier molecular flexibility index (Phi) is 9.11. The number of anilines is 2. The van der Waals surface area contributed by atoms with Crippen molar-refractivity contribution in [3.05, 3.63) is 144 Å². The lowest BCUT2D eigenvalue weighted by Crippen LogP contribution is -2.30. The van der Waals surface area contributed by atoms with Crippen LogP contribution in [0.1, 0.15) is 21.5 Å². The van der Waals surface area contributed by atoms with Crippen LogP contribution in [0.2, 0.25) is 0 Å². The number of carbonyl (C=O) groups is 3. The number of carbonyl (C=O) groups excluding carboxylic acids is 3. The zero-order valence-corrected chi connectivity index (χ0v) is 23.8. The van der Waals surface area contributed by atoms with Gasteiger partial charge in [0.05, 0.1) is 5.75 Å². The second-order valence-corrected chi connectivity index (χ2v) is 10.7. The molecule has 0 saturated heterocycles. The number of thioether (sulfide) groups is 1. The van der Waals surface area contributed by atoms with E-state index in [9.17, 15) is 14.4 Å². The summed E-state index contributed by atoms with van der Waals surface area (Å²) in [6.45, 7) is 1.98. The van der Waals surface area contributed by atoms with Crippen LogP contribution in [-0.2, 0) is 9.59 Å². The molecule has 3 N–H and O–H groups in total. The summed E-state index contributed by atoms with van der Waals surface area (Å²) in [6, 6.07) is 37.5. The van der Waals surface area contributed by atoms with Crippen LogP contribution >= 0.6 is 11.8 Å². The molecule has 0 heterocycles. The molecule has 7 heteroatoms. The SMILES string of the molecule is Cc1ccc(/C=C(\NC(=O)c2ccccc2)C(=O)Nc2ccc(SCC(=O)Nc3ccc4ccccc4c3)cc2)cc1. The highest BCUT2D eigenvalue weighted by atomic mass is 32.2. The minimum Gasteiger partial charge on any atom is -0.325 e. The number of benzene rings is 5. The summed E-state index contributed by atoms with van der Waals surface area (Å²) in [4.78, 5) is 39.5. The summed E-state index contributed by atoms with van der Waals surface area (Å²) >= 11 is 1.40. The molecule has 0 radical (unpaired) electrons. The zero-order valence-electron chi connectivity index (χ0n) is 23.0. The summed E-state index contributed by atoms with van der Waals surface area (Å²) in [5.74, 6) is -0.687. The van der Waals surface area contributed by atoms with Gasteiger partial charge in [0.2, 0.25) is 5.91 Å². The summed E-state index contributed by atoms with van der Waals surface area (Å²) in [5, 5.41) is 10.7. The molecule has 0 bridgehead atoms. The Morgan fingerprint density at radius 3 is 2.10 bits per heavy atom. The van der Waals surface area contributed by atoms with E-state index < -0.39 is 5.91 Å². The fourth-order valence-corrected chi connectivity index (χ4v) is 4.92. The third-order valence-corrected chi connectivity index (χ3v) is 7.44. The van der Waals surface area contributed by atoms with E-state index in [4.69, 9.17) is 0 Å². The smallest absolute Gasteiger partial charge is 0.272 e. The van der Waals surface area contributed by atoms with Crippen LogP contribution in [0.5, 0.6) is 0 Å². The number of nitrogens with one attached hydrogen (secondary N) is 3. The van der Waals surface area contributed by atoms with Gasteiger partial charge in [-0.15, -0.1) is 11.8 Å². The minimum absolute atomic E-state index is 0.104. The summed E-state index contributed by atoms with van der Waals surface area (Å²) in [5.41, 5.74) is 3.77. The van der Waals surface area contributed by atoms with Crippen molar-refractivity contribution in [2.24, 2.45) is 0 Å². The van der Waals surface area contributed by atoms with Crippen LogP contribution in [0.3, 0.4) is 0 Å². The maximum atomic E-state index is 13.3. The molecule has 0 aliphatic carbocycles. The summed E-state index contributed by atoms with van der Waals surface area (Å²) in [7, 11) is 0. The number of amides is 3. The Hall–Kier alpha value is -5.14. The van der Waals surface area contributed by atoms with Crippen LogP contribution in [0, 0.1) is 6.92 Å². The van der Waals surface area contributed by atoms with E-state index >= 15 is 0 Å². The standard InChI is InChI=1S/C35H29N3O3S/c1-24-11-13-25(14-12-24)21-32(38-34(40)27-8-3-2-4-9-27)35(41)37-29-17-19-31(20-18-29)42-23-33(39)36-30-16-15-26-7-5-6-10-28(26)22-30/h2-22H,23H2,1H3,(H,36,39)(H,37,41)(H,38,40)/b32-21-. The molecule has 6 nitrogen and oxygen atoms in total. The first kappa shape index (κ1) is 28.4. The van der Waals surface area contributed by atoms with Gasteiger partial charge in [-0.25, -0.2) is 0 Å². The highest BCUT2D eigenvalue weighted by Gasteiger charge is 2.15. The Morgan fingerprint density at radius 1 is 0.690 bits per heavy atom. The van der Waals surface area contributed by atoms with E-state index in [0.29, 0.717) is 11.3 Å². The molecule has 5 aromatic carbocycles. The largest absolute Gasteiger partial charge is 0.325 e. The van der Waals surface area contributed by atoms with Crippen molar-refractivity contribution in [3.8, 4) is 0 Å². The first-order chi connectivity index (χ1) is 20.4. The molecule has 0 saturated carbocycles. The number of hydrogen-bond donors (Lipinski definition) is 3. The van der Waals surface area contributed by atoms with Crippen LogP contribution in [0.4, 0.5) is 11.4 Å². The zero-order chi connectivity index (χ0) is 29.3. The Morgan fingerprint density at radius 2 is 1.36 bits per heavy atom. The van der Waals surface area contributed by atoms with Gasteiger partial charge in [-0.3, -0.25) is 14.4 Å². The maximum absolute atomic E-state index is 13.3. The Bertz CT molecular complexity index is 1750. The second-order valence-electron chi connectivity index (χ2n) is 9.67. The first-order valence-corrected chi connectivity index (χ1v) is 14.4. The van der Waals surface area contributed by atoms with E-state index in [0.717, 1.165) is 32.5 Å². The van der Waals surface area contributed by atoms with E-state index in [1.54, 1.807) is 42.5 Å². The van der Waals surface area contributed by atoms with Crippen molar-refractivity contribution >= 4 is 57.7 Å². The van der Waals surface area contributed by atoms with Crippen molar-refractivity contribution in [1.29, 1.82) is 0 Å². The van der Waals surface area contributed by atoms with Crippen molar-refractivity contribution < 1.29 is 14.4 Å². The first-order valence-electron chi connectivity index (χ1n) is 13.4.